The lowest BCUT2D eigenvalue weighted by Crippen LogP contribution is -2.49. The Bertz CT molecular complexity index is 962. The quantitative estimate of drug-likeness (QED) is 0.642. The van der Waals surface area contributed by atoms with Gasteiger partial charge in [0.05, 0.1) is 11.6 Å². The molecule has 1 aliphatic heterocycles. The molecule has 1 heterocycles. The molecule has 1 saturated heterocycles. The van der Waals surface area contributed by atoms with E-state index in [1.165, 1.54) is 11.1 Å². The zero-order valence-electron chi connectivity index (χ0n) is 16.9. The minimum Gasteiger partial charge on any atom is -0.368 e. The van der Waals surface area contributed by atoms with Crippen molar-refractivity contribution in [1.29, 1.82) is 5.26 Å². The first-order valence-corrected chi connectivity index (χ1v) is 10.4. The number of anilines is 1. The Morgan fingerprint density at radius 1 is 0.800 bits per heavy atom. The van der Waals surface area contributed by atoms with Crippen LogP contribution in [0.4, 0.5) is 5.69 Å². The normalized spacial score (nSPS) is 13.9. The van der Waals surface area contributed by atoms with Crippen molar-refractivity contribution in [3.8, 4) is 6.07 Å². The summed E-state index contributed by atoms with van der Waals surface area (Å²) in [6.45, 7) is 3.04. The molecule has 0 aliphatic carbocycles. The van der Waals surface area contributed by atoms with Crippen molar-refractivity contribution in [3.05, 3.63) is 102 Å². The van der Waals surface area contributed by atoms with Crippen LogP contribution in [0.3, 0.4) is 0 Å². The Hall–Kier alpha value is -3.58. The maximum Gasteiger partial charge on any atom is 0.223 e. The fraction of sp³-hybridized carbons (Fsp3) is 0.231. The van der Waals surface area contributed by atoms with Crippen molar-refractivity contribution in [3.63, 3.8) is 0 Å². The lowest BCUT2D eigenvalue weighted by atomic mass is 9.88. The summed E-state index contributed by atoms with van der Waals surface area (Å²) < 4.78 is 0. The summed E-state index contributed by atoms with van der Waals surface area (Å²) in [6.07, 6.45) is 0.477. The lowest BCUT2D eigenvalue weighted by Gasteiger charge is -2.36. The number of piperazine rings is 1. The van der Waals surface area contributed by atoms with E-state index in [1.54, 1.807) is 0 Å². The highest BCUT2D eigenvalue weighted by Gasteiger charge is 2.25. The molecule has 30 heavy (non-hydrogen) atoms. The lowest BCUT2D eigenvalue weighted by molar-refractivity contribution is -0.131. The van der Waals surface area contributed by atoms with Gasteiger partial charge < -0.3 is 9.80 Å². The molecule has 0 radical (unpaired) electrons. The molecule has 150 valence electrons. The van der Waals surface area contributed by atoms with Gasteiger partial charge in [0.25, 0.3) is 0 Å². The molecule has 3 aromatic carbocycles. The van der Waals surface area contributed by atoms with Crippen LogP contribution in [0.2, 0.25) is 0 Å². The molecular weight excluding hydrogens is 370 g/mol. The van der Waals surface area contributed by atoms with E-state index < -0.39 is 0 Å². The van der Waals surface area contributed by atoms with Crippen LogP contribution in [0.15, 0.2) is 84.9 Å². The third kappa shape index (κ3) is 4.52. The topological polar surface area (TPSA) is 47.3 Å². The largest absolute Gasteiger partial charge is 0.368 e. The maximum atomic E-state index is 13.2. The monoisotopic (exact) mass is 395 g/mol. The van der Waals surface area contributed by atoms with Crippen LogP contribution in [0.1, 0.15) is 29.0 Å². The van der Waals surface area contributed by atoms with Crippen LogP contribution in [-0.4, -0.2) is 37.0 Å². The van der Waals surface area contributed by atoms with E-state index in [0.717, 1.165) is 31.9 Å². The van der Waals surface area contributed by atoms with Gasteiger partial charge >= 0.3 is 0 Å². The Morgan fingerprint density at radius 3 is 1.83 bits per heavy atom. The molecule has 1 fully saturated rings. The van der Waals surface area contributed by atoms with E-state index in [2.05, 4.69) is 35.2 Å². The number of hydrogen-bond acceptors (Lipinski definition) is 3. The van der Waals surface area contributed by atoms with Crippen LogP contribution in [0.25, 0.3) is 0 Å². The molecule has 0 aromatic heterocycles. The third-order valence-electron chi connectivity index (χ3n) is 5.78. The summed E-state index contributed by atoms with van der Waals surface area (Å²) in [5, 5.41) is 8.96. The second-order valence-electron chi connectivity index (χ2n) is 7.60. The summed E-state index contributed by atoms with van der Waals surface area (Å²) >= 11 is 0. The minimum atomic E-state index is 0.0662. The molecule has 1 amide bonds. The van der Waals surface area contributed by atoms with Gasteiger partial charge in [-0.1, -0.05) is 60.7 Å². The molecule has 0 unspecified atom stereocenters. The minimum absolute atomic E-state index is 0.0662. The summed E-state index contributed by atoms with van der Waals surface area (Å²) in [4.78, 5) is 17.4. The van der Waals surface area contributed by atoms with E-state index >= 15 is 0 Å². The van der Waals surface area contributed by atoms with E-state index in [0.29, 0.717) is 12.0 Å². The van der Waals surface area contributed by atoms with Crippen LogP contribution < -0.4 is 4.90 Å². The fourth-order valence-electron chi connectivity index (χ4n) is 4.06. The molecule has 0 saturated carbocycles. The van der Waals surface area contributed by atoms with Crippen molar-refractivity contribution in [1.82, 2.24) is 4.90 Å². The number of carbonyl (C=O) groups excluding carboxylic acids is 1. The molecule has 4 heteroatoms. The summed E-state index contributed by atoms with van der Waals surface area (Å²) in [7, 11) is 0. The number of amides is 1. The average molecular weight is 396 g/mol. The Kier molecular flexibility index (Phi) is 6.10. The van der Waals surface area contributed by atoms with Gasteiger partial charge in [-0.15, -0.1) is 0 Å². The molecule has 1 aliphatic rings. The predicted molar refractivity (Wildman–Crippen MR) is 119 cm³/mol. The van der Waals surface area contributed by atoms with Crippen molar-refractivity contribution >= 4 is 11.6 Å². The summed E-state index contributed by atoms with van der Waals surface area (Å²) in [5.41, 5.74) is 4.12. The van der Waals surface area contributed by atoms with Gasteiger partial charge in [-0.05, 0) is 35.4 Å². The zero-order chi connectivity index (χ0) is 20.8. The predicted octanol–water partition coefficient (Wildman–Crippen LogP) is 4.43. The van der Waals surface area contributed by atoms with Crippen LogP contribution in [0, 0.1) is 11.3 Å². The molecule has 4 nitrogen and oxygen atoms in total. The smallest absolute Gasteiger partial charge is 0.223 e. The number of nitrogens with zero attached hydrogens (tertiary/aromatic N) is 3. The first-order chi connectivity index (χ1) is 14.7. The van der Waals surface area contributed by atoms with Gasteiger partial charge in [0.15, 0.2) is 0 Å². The van der Waals surface area contributed by atoms with Gasteiger partial charge in [-0.2, -0.15) is 5.26 Å². The molecule has 3 aromatic rings. The van der Waals surface area contributed by atoms with E-state index in [4.69, 9.17) is 5.26 Å². The first kappa shape index (κ1) is 19.7. The Labute approximate surface area is 178 Å². The van der Waals surface area contributed by atoms with Crippen molar-refractivity contribution in [2.45, 2.75) is 12.3 Å². The van der Waals surface area contributed by atoms with Crippen LogP contribution in [0.5, 0.6) is 0 Å². The number of carbonyl (C=O) groups is 1. The zero-order valence-corrected chi connectivity index (χ0v) is 16.9. The van der Waals surface area contributed by atoms with Gasteiger partial charge in [-0.25, -0.2) is 0 Å². The van der Waals surface area contributed by atoms with E-state index in [-0.39, 0.29) is 11.8 Å². The molecule has 0 bridgehead atoms. The fourth-order valence-corrected chi connectivity index (χ4v) is 4.06. The van der Waals surface area contributed by atoms with Crippen LogP contribution >= 0.6 is 0 Å². The van der Waals surface area contributed by atoms with Gasteiger partial charge in [0.1, 0.15) is 0 Å². The standard InChI is InChI=1S/C26H25N3O/c27-20-21-11-13-24(14-12-21)28-15-17-29(18-16-28)26(30)19-25(22-7-3-1-4-8-22)23-9-5-2-6-10-23/h1-14,25H,15-19H2. The number of rotatable bonds is 5. The molecule has 0 atom stereocenters. The van der Waals surface area contributed by atoms with E-state index in [1.807, 2.05) is 65.6 Å². The summed E-state index contributed by atoms with van der Waals surface area (Å²) in [5.74, 6) is 0.267. The second-order valence-corrected chi connectivity index (χ2v) is 7.60. The highest BCUT2D eigenvalue weighted by atomic mass is 16.2. The highest BCUT2D eigenvalue weighted by molar-refractivity contribution is 5.78. The van der Waals surface area contributed by atoms with Crippen LogP contribution in [-0.2, 0) is 4.79 Å². The van der Waals surface area contributed by atoms with Gasteiger partial charge in [-0.3, -0.25) is 4.79 Å². The number of hydrogen-bond donors (Lipinski definition) is 0. The van der Waals surface area contributed by atoms with Crippen molar-refractivity contribution < 1.29 is 4.79 Å². The number of nitriles is 1. The highest BCUT2D eigenvalue weighted by Crippen LogP contribution is 2.29. The number of benzene rings is 3. The summed E-state index contributed by atoms with van der Waals surface area (Å²) in [6, 6.07) is 30.4. The molecular formula is C26H25N3O. The Balaban J connectivity index is 1.42. The average Bonchev–Trinajstić information content (AvgIpc) is 2.83. The van der Waals surface area contributed by atoms with Gasteiger partial charge in [0, 0.05) is 44.2 Å². The van der Waals surface area contributed by atoms with E-state index in [9.17, 15) is 4.79 Å². The molecule has 4 rings (SSSR count). The van der Waals surface area contributed by atoms with Crippen molar-refractivity contribution in [2.75, 3.05) is 31.1 Å². The maximum absolute atomic E-state index is 13.2. The molecule has 0 N–H and O–H groups in total. The first-order valence-electron chi connectivity index (χ1n) is 10.4. The van der Waals surface area contributed by atoms with Gasteiger partial charge in [0.2, 0.25) is 5.91 Å². The van der Waals surface area contributed by atoms with Crippen molar-refractivity contribution in [2.24, 2.45) is 0 Å². The third-order valence-corrected chi connectivity index (χ3v) is 5.78. The Morgan fingerprint density at radius 2 is 1.33 bits per heavy atom. The second kappa shape index (κ2) is 9.28. The SMILES string of the molecule is N#Cc1ccc(N2CCN(C(=O)CC(c3ccccc3)c3ccccc3)CC2)cc1. The molecule has 0 spiro atoms.